The summed E-state index contributed by atoms with van der Waals surface area (Å²) in [6, 6.07) is 5.56. The minimum atomic E-state index is -0.360. The maximum Gasteiger partial charge on any atom is 0.248 e. The second-order valence-electron chi connectivity index (χ2n) is 2.86. The van der Waals surface area contributed by atoms with Crippen molar-refractivity contribution < 1.29 is 4.79 Å². The molecule has 0 bridgehead atoms. The molecule has 0 fully saturated rings. The molecule has 1 amide bonds. The molecule has 64 valence electrons. The lowest BCUT2D eigenvalue weighted by Gasteiger charge is -2.03. The minimum Gasteiger partial charge on any atom is -0.366 e. The third-order valence-corrected chi connectivity index (χ3v) is 2.01. The van der Waals surface area contributed by atoms with E-state index in [2.05, 4.69) is 6.92 Å². The van der Waals surface area contributed by atoms with Crippen LogP contribution in [0.3, 0.4) is 0 Å². The molecule has 0 radical (unpaired) electrons. The van der Waals surface area contributed by atoms with E-state index in [1.165, 1.54) is 5.56 Å². The van der Waals surface area contributed by atoms with Crippen molar-refractivity contribution in [3.8, 4) is 0 Å². The number of rotatable bonds is 2. The molecule has 2 nitrogen and oxygen atoms in total. The van der Waals surface area contributed by atoms with E-state index in [4.69, 9.17) is 5.73 Å². The highest BCUT2D eigenvalue weighted by Gasteiger charge is 2.01. The average molecular weight is 163 g/mol. The van der Waals surface area contributed by atoms with Gasteiger partial charge in [0, 0.05) is 5.56 Å². The lowest BCUT2D eigenvalue weighted by Crippen LogP contribution is -2.11. The van der Waals surface area contributed by atoms with Crippen molar-refractivity contribution in [1.29, 1.82) is 0 Å². The Hall–Kier alpha value is -1.31. The standard InChI is InChI=1S/C10H13NO/c1-3-8-4-5-9(10(11)12)6-7(8)2/h4-6H,3H2,1-2H3,(H2,11,12). The van der Waals surface area contributed by atoms with Gasteiger partial charge in [0.25, 0.3) is 0 Å². The Kier molecular flexibility index (Phi) is 2.48. The number of nitrogens with two attached hydrogens (primary N) is 1. The summed E-state index contributed by atoms with van der Waals surface area (Å²) in [5.41, 5.74) is 8.12. The quantitative estimate of drug-likeness (QED) is 0.707. The van der Waals surface area contributed by atoms with E-state index in [0.29, 0.717) is 5.56 Å². The first kappa shape index (κ1) is 8.78. The lowest BCUT2D eigenvalue weighted by atomic mass is 10.0. The van der Waals surface area contributed by atoms with Crippen molar-refractivity contribution in [3.63, 3.8) is 0 Å². The second kappa shape index (κ2) is 3.39. The summed E-state index contributed by atoms with van der Waals surface area (Å²) in [4.78, 5) is 10.8. The fraction of sp³-hybridized carbons (Fsp3) is 0.300. The van der Waals surface area contributed by atoms with Gasteiger partial charge in [-0.3, -0.25) is 4.79 Å². The Morgan fingerprint density at radius 3 is 2.58 bits per heavy atom. The van der Waals surface area contributed by atoms with Crippen LogP contribution in [-0.2, 0) is 6.42 Å². The highest BCUT2D eigenvalue weighted by molar-refractivity contribution is 5.93. The largest absolute Gasteiger partial charge is 0.366 e. The maximum absolute atomic E-state index is 10.8. The fourth-order valence-corrected chi connectivity index (χ4v) is 1.25. The van der Waals surface area contributed by atoms with Crippen LogP contribution in [0, 0.1) is 6.92 Å². The Morgan fingerprint density at radius 2 is 2.17 bits per heavy atom. The number of hydrogen-bond donors (Lipinski definition) is 1. The van der Waals surface area contributed by atoms with Crippen LogP contribution in [-0.4, -0.2) is 5.91 Å². The predicted octanol–water partition coefficient (Wildman–Crippen LogP) is 1.66. The lowest BCUT2D eigenvalue weighted by molar-refractivity contribution is 0.1000. The zero-order chi connectivity index (χ0) is 9.14. The average Bonchev–Trinajstić information content (AvgIpc) is 2.04. The molecule has 0 saturated heterocycles. The van der Waals surface area contributed by atoms with Gasteiger partial charge in [-0.1, -0.05) is 13.0 Å². The van der Waals surface area contributed by atoms with E-state index in [-0.39, 0.29) is 5.91 Å². The van der Waals surface area contributed by atoms with Crippen molar-refractivity contribution in [2.75, 3.05) is 0 Å². The number of primary amides is 1. The van der Waals surface area contributed by atoms with Crippen molar-refractivity contribution >= 4 is 5.91 Å². The SMILES string of the molecule is CCc1ccc(C(N)=O)cc1C. The summed E-state index contributed by atoms with van der Waals surface area (Å²) >= 11 is 0. The van der Waals surface area contributed by atoms with Gasteiger partial charge in [-0.2, -0.15) is 0 Å². The van der Waals surface area contributed by atoms with Gasteiger partial charge < -0.3 is 5.73 Å². The molecule has 0 aromatic heterocycles. The normalized spacial score (nSPS) is 9.83. The van der Waals surface area contributed by atoms with Crippen molar-refractivity contribution in [3.05, 3.63) is 34.9 Å². The number of benzene rings is 1. The molecule has 0 heterocycles. The zero-order valence-electron chi connectivity index (χ0n) is 7.42. The van der Waals surface area contributed by atoms with E-state index in [9.17, 15) is 4.79 Å². The molecule has 2 heteroatoms. The van der Waals surface area contributed by atoms with E-state index in [1.54, 1.807) is 6.07 Å². The monoisotopic (exact) mass is 163 g/mol. The molecule has 0 aliphatic carbocycles. The first-order valence-corrected chi connectivity index (χ1v) is 4.04. The van der Waals surface area contributed by atoms with Crippen LogP contribution in [0.4, 0.5) is 0 Å². The molecule has 1 aromatic carbocycles. The molecule has 0 aliphatic rings. The van der Waals surface area contributed by atoms with Crippen LogP contribution in [0.2, 0.25) is 0 Å². The zero-order valence-corrected chi connectivity index (χ0v) is 7.42. The van der Waals surface area contributed by atoms with Crippen LogP contribution in [0.1, 0.15) is 28.4 Å². The number of hydrogen-bond acceptors (Lipinski definition) is 1. The molecule has 0 unspecified atom stereocenters. The van der Waals surface area contributed by atoms with E-state index in [1.807, 2.05) is 19.1 Å². The minimum absolute atomic E-state index is 0.360. The van der Waals surface area contributed by atoms with Crippen LogP contribution in [0.25, 0.3) is 0 Å². The van der Waals surface area contributed by atoms with Crippen LogP contribution in [0.5, 0.6) is 0 Å². The highest BCUT2D eigenvalue weighted by atomic mass is 16.1. The van der Waals surface area contributed by atoms with Crippen molar-refractivity contribution in [2.24, 2.45) is 5.73 Å². The van der Waals surface area contributed by atoms with E-state index < -0.39 is 0 Å². The molecule has 0 saturated carbocycles. The molecular weight excluding hydrogens is 150 g/mol. The summed E-state index contributed by atoms with van der Waals surface area (Å²) in [6.45, 7) is 4.08. The number of amides is 1. The van der Waals surface area contributed by atoms with Crippen molar-refractivity contribution in [2.45, 2.75) is 20.3 Å². The van der Waals surface area contributed by atoms with E-state index in [0.717, 1.165) is 12.0 Å². The Balaban J connectivity index is 3.10. The van der Waals surface area contributed by atoms with Gasteiger partial charge in [0.05, 0.1) is 0 Å². The van der Waals surface area contributed by atoms with Crippen LogP contribution in [0.15, 0.2) is 18.2 Å². The second-order valence-corrected chi connectivity index (χ2v) is 2.86. The fourth-order valence-electron chi connectivity index (χ4n) is 1.25. The van der Waals surface area contributed by atoms with Gasteiger partial charge in [-0.15, -0.1) is 0 Å². The Bertz CT molecular complexity index is 305. The Morgan fingerprint density at radius 1 is 1.50 bits per heavy atom. The maximum atomic E-state index is 10.8. The summed E-state index contributed by atoms with van der Waals surface area (Å²) in [5.74, 6) is -0.360. The van der Waals surface area contributed by atoms with Crippen molar-refractivity contribution in [1.82, 2.24) is 0 Å². The predicted molar refractivity (Wildman–Crippen MR) is 49.1 cm³/mol. The third kappa shape index (κ3) is 1.64. The topological polar surface area (TPSA) is 43.1 Å². The number of aryl methyl sites for hydroxylation is 2. The molecule has 12 heavy (non-hydrogen) atoms. The van der Waals surface area contributed by atoms with E-state index >= 15 is 0 Å². The van der Waals surface area contributed by atoms with Gasteiger partial charge in [-0.25, -0.2) is 0 Å². The highest BCUT2D eigenvalue weighted by Crippen LogP contribution is 2.10. The summed E-state index contributed by atoms with van der Waals surface area (Å²) < 4.78 is 0. The smallest absolute Gasteiger partial charge is 0.248 e. The van der Waals surface area contributed by atoms with Crippen LogP contribution >= 0.6 is 0 Å². The van der Waals surface area contributed by atoms with Crippen LogP contribution < -0.4 is 5.73 Å². The molecular formula is C10H13NO. The van der Waals surface area contributed by atoms with Gasteiger partial charge in [0.2, 0.25) is 5.91 Å². The Labute approximate surface area is 72.4 Å². The van der Waals surface area contributed by atoms with Gasteiger partial charge in [-0.05, 0) is 36.6 Å². The molecule has 0 spiro atoms. The van der Waals surface area contributed by atoms with Gasteiger partial charge >= 0.3 is 0 Å². The molecule has 0 aliphatic heterocycles. The van der Waals surface area contributed by atoms with Gasteiger partial charge in [0.15, 0.2) is 0 Å². The summed E-state index contributed by atoms with van der Waals surface area (Å²) in [7, 11) is 0. The first-order chi connectivity index (χ1) is 5.65. The summed E-state index contributed by atoms with van der Waals surface area (Å²) in [6.07, 6.45) is 0.991. The number of carbonyl (C=O) groups excluding carboxylic acids is 1. The summed E-state index contributed by atoms with van der Waals surface area (Å²) in [5, 5.41) is 0. The molecule has 2 N–H and O–H groups in total. The molecule has 1 rings (SSSR count). The molecule has 0 atom stereocenters. The third-order valence-electron chi connectivity index (χ3n) is 2.01. The number of carbonyl (C=O) groups is 1. The first-order valence-electron chi connectivity index (χ1n) is 4.04. The van der Waals surface area contributed by atoms with Gasteiger partial charge in [0.1, 0.15) is 0 Å². The molecule has 1 aromatic rings.